The summed E-state index contributed by atoms with van der Waals surface area (Å²) in [5, 5.41) is 9.81. The van der Waals surface area contributed by atoms with Crippen molar-refractivity contribution < 1.29 is 5.11 Å². The molecule has 0 amide bonds. The van der Waals surface area contributed by atoms with Crippen LogP contribution in [-0.4, -0.2) is 11.2 Å². The van der Waals surface area contributed by atoms with Crippen molar-refractivity contribution in [2.24, 2.45) is 0 Å². The van der Waals surface area contributed by atoms with E-state index in [0.717, 1.165) is 18.4 Å². The third kappa shape index (κ3) is 2.21. The molecule has 0 aliphatic heterocycles. The minimum atomic E-state index is -0.310. The lowest BCUT2D eigenvalue weighted by atomic mass is 9.92. The number of aliphatic hydroxyl groups is 1. The van der Waals surface area contributed by atoms with Gasteiger partial charge < -0.3 is 5.11 Å². The van der Waals surface area contributed by atoms with Crippen molar-refractivity contribution in [2.45, 2.75) is 45.6 Å². The zero-order chi connectivity index (χ0) is 8.97. The van der Waals surface area contributed by atoms with E-state index in [2.05, 4.69) is 6.08 Å². The second-order valence-corrected chi connectivity index (χ2v) is 3.46. The highest BCUT2D eigenvalue weighted by Gasteiger charge is 2.13. The van der Waals surface area contributed by atoms with Gasteiger partial charge in [-0.1, -0.05) is 12.2 Å². The summed E-state index contributed by atoms with van der Waals surface area (Å²) >= 11 is 0. The molecule has 0 aromatic carbocycles. The van der Waals surface area contributed by atoms with E-state index in [0.29, 0.717) is 0 Å². The Morgan fingerprint density at radius 3 is 2.83 bits per heavy atom. The molecule has 1 N–H and O–H groups in total. The van der Waals surface area contributed by atoms with Crippen LogP contribution in [0.1, 0.15) is 39.5 Å². The van der Waals surface area contributed by atoms with Crippen molar-refractivity contribution in [1.82, 2.24) is 0 Å². The summed E-state index contributed by atoms with van der Waals surface area (Å²) in [6.07, 6.45) is 8.61. The van der Waals surface area contributed by atoms with E-state index in [9.17, 15) is 5.11 Å². The van der Waals surface area contributed by atoms with Gasteiger partial charge in [-0.3, -0.25) is 0 Å². The summed E-state index contributed by atoms with van der Waals surface area (Å²) in [4.78, 5) is 0. The van der Waals surface area contributed by atoms with Gasteiger partial charge in [0.15, 0.2) is 0 Å². The summed E-state index contributed by atoms with van der Waals surface area (Å²) < 4.78 is 0. The highest BCUT2D eigenvalue weighted by Crippen LogP contribution is 2.23. The first kappa shape index (κ1) is 9.53. The summed E-state index contributed by atoms with van der Waals surface area (Å²) in [7, 11) is 0. The Labute approximate surface area is 74.8 Å². The molecule has 0 saturated carbocycles. The fourth-order valence-corrected chi connectivity index (χ4v) is 1.56. The Kier molecular flexibility index (Phi) is 3.54. The van der Waals surface area contributed by atoms with Crippen molar-refractivity contribution in [3.63, 3.8) is 0 Å². The van der Waals surface area contributed by atoms with Crippen LogP contribution >= 0.6 is 0 Å². The summed E-state index contributed by atoms with van der Waals surface area (Å²) in [5.74, 6) is 0. The minimum absolute atomic E-state index is 0.310. The first-order valence-electron chi connectivity index (χ1n) is 4.75. The van der Waals surface area contributed by atoms with Crippen LogP contribution in [0.4, 0.5) is 0 Å². The average Bonchev–Trinajstić information content (AvgIpc) is 2.17. The standard InChI is InChI=1S/C11H18O/c1-3-9(2)11(12)10-7-5-4-6-8-10/h3,7,11-12H,4-6,8H2,1-2H3/b9-3+. The fraction of sp³-hybridized carbons (Fsp3) is 0.636. The van der Waals surface area contributed by atoms with E-state index >= 15 is 0 Å². The van der Waals surface area contributed by atoms with E-state index < -0.39 is 0 Å². The van der Waals surface area contributed by atoms with Gasteiger partial charge in [-0.2, -0.15) is 0 Å². The number of rotatable bonds is 2. The van der Waals surface area contributed by atoms with Crippen molar-refractivity contribution in [3.8, 4) is 0 Å². The maximum absolute atomic E-state index is 9.81. The van der Waals surface area contributed by atoms with Gasteiger partial charge in [0.2, 0.25) is 0 Å². The molecule has 0 aromatic rings. The molecule has 0 heterocycles. The molecule has 12 heavy (non-hydrogen) atoms. The summed E-state index contributed by atoms with van der Waals surface area (Å²) in [5.41, 5.74) is 2.29. The van der Waals surface area contributed by atoms with Gasteiger partial charge in [-0.25, -0.2) is 0 Å². The highest BCUT2D eigenvalue weighted by atomic mass is 16.3. The predicted octanol–water partition coefficient (Wildman–Crippen LogP) is 2.81. The molecular formula is C11H18O. The van der Waals surface area contributed by atoms with Gasteiger partial charge in [0, 0.05) is 0 Å². The third-order valence-electron chi connectivity index (χ3n) is 2.56. The van der Waals surface area contributed by atoms with Gasteiger partial charge in [-0.15, -0.1) is 0 Å². The van der Waals surface area contributed by atoms with Crippen LogP contribution in [0.25, 0.3) is 0 Å². The number of allylic oxidation sites excluding steroid dienone is 2. The molecule has 1 nitrogen and oxygen atoms in total. The van der Waals surface area contributed by atoms with E-state index in [-0.39, 0.29) is 6.10 Å². The molecule has 0 bridgehead atoms. The van der Waals surface area contributed by atoms with Crippen LogP contribution in [0.2, 0.25) is 0 Å². The topological polar surface area (TPSA) is 20.2 Å². The van der Waals surface area contributed by atoms with E-state index in [4.69, 9.17) is 0 Å². The number of hydrogen-bond acceptors (Lipinski definition) is 1. The zero-order valence-electron chi connectivity index (χ0n) is 8.01. The van der Waals surface area contributed by atoms with E-state index in [1.165, 1.54) is 18.4 Å². The molecule has 68 valence electrons. The summed E-state index contributed by atoms with van der Waals surface area (Å²) in [6.45, 7) is 3.96. The second-order valence-electron chi connectivity index (χ2n) is 3.46. The zero-order valence-corrected chi connectivity index (χ0v) is 8.01. The third-order valence-corrected chi connectivity index (χ3v) is 2.56. The van der Waals surface area contributed by atoms with Gasteiger partial charge >= 0.3 is 0 Å². The molecule has 0 spiro atoms. The Morgan fingerprint density at radius 1 is 1.58 bits per heavy atom. The average molecular weight is 166 g/mol. The normalized spacial score (nSPS) is 21.9. The fourth-order valence-electron chi connectivity index (χ4n) is 1.56. The second kappa shape index (κ2) is 4.46. The Balaban J connectivity index is 2.62. The lowest BCUT2D eigenvalue weighted by Crippen LogP contribution is -2.13. The van der Waals surface area contributed by atoms with Crippen LogP contribution in [0, 0.1) is 0 Å². The quantitative estimate of drug-likeness (QED) is 0.625. The number of hydrogen-bond donors (Lipinski definition) is 1. The smallest absolute Gasteiger partial charge is 0.0958 e. The molecule has 1 rings (SSSR count). The van der Waals surface area contributed by atoms with Gasteiger partial charge in [0.05, 0.1) is 6.10 Å². The predicted molar refractivity (Wildman–Crippen MR) is 52.0 cm³/mol. The van der Waals surface area contributed by atoms with Crippen LogP contribution in [-0.2, 0) is 0 Å². The molecule has 1 atom stereocenters. The van der Waals surface area contributed by atoms with Gasteiger partial charge in [0.1, 0.15) is 0 Å². The molecule has 0 radical (unpaired) electrons. The first-order chi connectivity index (χ1) is 5.75. The Morgan fingerprint density at radius 2 is 2.33 bits per heavy atom. The molecule has 0 saturated heterocycles. The van der Waals surface area contributed by atoms with Crippen molar-refractivity contribution in [1.29, 1.82) is 0 Å². The van der Waals surface area contributed by atoms with Crippen molar-refractivity contribution in [3.05, 3.63) is 23.3 Å². The lowest BCUT2D eigenvalue weighted by Gasteiger charge is -2.18. The van der Waals surface area contributed by atoms with Gasteiger partial charge in [-0.05, 0) is 50.7 Å². The molecule has 0 fully saturated rings. The van der Waals surface area contributed by atoms with Crippen LogP contribution in [0.15, 0.2) is 23.3 Å². The highest BCUT2D eigenvalue weighted by molar-refractivity contribution is 5.22. The molecule has 1 unspecified atom stereocenters. The molecular weight excluding hydrogens is 148 g/mol. The van der Waals surface area contributed by atoms with Gasteiger partial charge in [0.25, 0.3) is 0 Å². The largest absolute Gasteiger partial charge is 0.384 e. The first-order valence-corrected chi connectivity index (χ1v) is 4.75. The molecule has 1 aliphatic rings. The maximum atomic E-state index is 9.81. The van der Waals surface area contributed by atoms with Crippen LogP contribution < -0.4 is 0 Å². The summed E-state index contributed by atoms with van der Waals surface area (Å²) in [6, 6.07) is 0. The van der Waals surface area contributed by atoms with E-state index in [1.807, 2.05) is 19.9 Å². The SMILES string of the molecule is C/C=C(\C)C(O)C1=CCCCC1. The monoisotopic (exact) mass is 166 g/mol. The maximum Gasteiger partial charge on any atom is 0.0958 e. The van der Waals surface area contributed by atoms with E-state index in [1.54, 1.807) is 0 Å². The van der Waals surface area contributed by atoms with Crippen LogP contribution in [0.5, 0.6) is 0 Å². The van der Waals surface area contributed by atoms with Crippen molar-refractivity contribution >= 4 is 0 Å². The lowest BCUT2D eigenvalue weighted by molar-refractivity contribution is 0.239. The molecule has 1 aliphatic carbocycles. The van der Waals surface area contributed by atoms with Crippen LogP contribution in [0.3, 0.4) is 0 Å². The molecule has 0 aromatic heterocycles. The Hall–Kier alpha value is -0.560. The number of aliphatic hydroxyl groups excluding tert-OH is 1. The van der Waals surface area contributed by atoms with Crippen molar-refractivity contribution in [2.75, 3.05) is 0 Å². The Bertz CT molecular complexity index is 201. The minimum Gasteiger partial charge on any atom is -0.384 e. The molecule has 1 heteroatoms.